The van der Waals surface area contributed by atoms with Crippen LogP contribution in [0.15, 0.2) is 16.9 Å². The highest BCUT2D eigenvalue weighted by Crippen LogP contribution is 2.25. The fourth-order valence-corrected chi connectivity index (χ4v) is 1.40. The van der Waals surface area contributed by atoms with E-state index in [9.17, 15) is 4.79 Å². The van der Waals surface area contributed by atoms with Gasteiger partial charge < -0.3 is 10.1 Å². The van der Waals surface area contributed by atoms with E-state index in [4.69, 9.17) is 28.3 Å². The van der Waals surface area contributed by atoms with Crippen LogP contribution in [0.25, 0.3) is 11.0 Å². The van der Waals surface area contributed by atoms with Gasteiger partial charge in [0.25, 0.3) is 0 Å². The SMILES string of the molecule is O=c1[nH]c2cc(Cl)c(Cl)cc2nc1[OH2+]. The summed E-state index contributed by atoms with van der Waals surface area (Å²) in [6.45, 7) is 0. The van der Waals surface area contributed by atoms with Gasteiger partial charge in [0.05, 0.1) is 21.1 Å². The third kappa shape index (κ3) is 1.42. The summed E-state index contributed by atoms with van der Waals surface area (Å²) in [5.41, 5.74) is 0.375. The molecule has 0 saturated heterocycles. The number of halogens is 2. The Hall–Kier alpha value is -1.26. The quantitative estimate of drug-likeness (QED) is 0.702. The van der Waals surface area contributed by atoms with Gasteiger partial charge in [-0.15, -0.1) is 0 Å². The van der Waals surface area contributed by atoms with Crippen LogP contribution in [0.1, 0.15) is 0 Å². The van der Waals surface area contributed by atoms with Crippen molar-refractivity contribution in [1.82, 2.24) is 9.97 Å². The molecule has 4 nitrogen and oxygen atoms in total. The van der Waals surface area contributed by atoms with Gasteiger partial charge in [-0.2, -0.15) is 4.98 Å². The van der Waals surface area contributed by atoms with Gasteiger partial charge in [-0.25, -0.2) is 0 Å². The Morgan fingerprint density at radius 1 is 1.29 bits per heavy atom. The molecule has 2 rings (SSSR count). The third-order valence-corrected chi connectivity index (χ3v) is 2.46. The zero-order chi connectivity index (χ0) is 10.3. The molecule has 0 fully saturated rings. The van der Waals surface area contributed by atoms with E-state index in [0.29, 0.717) is 21.1 Å². The number of hydrogen-bond acceptors (Lipinski definition) is 2. The van der Waals surface area contributed by atoms with Crippen molar-refractivity contribution in [3.63, 3.8) is 0 Å². The van der Waals surface area contributed by atoms with Crippen LogP contribution in [0.4, 0.5) is 0 Å². The summed E-state index contributed by atoms with van der Waals surface area (Å²) >= 11 is 11.5. The van der Waals surface area contributed by atoms with Gasteiger partial charge in [-0.1, -0.05) is 23.2 Å². The molecule has 2 aromatic rings. The molecule has 3 N–H and O–H groups in total. The minimum atomic E-state index is -0.545. The zero-order valence-corrected chi connectivity index (χ0v) is 8.28. The van der Waals surface area contributed by atoms with E-state index < -0.39 is 5.56 Å². The number of hydrogen-bond donors (Lipinski definition) is 1. The van der Waals surface area contributed by atoms with Crippen molar-refractivity contribution in [3.8, 4) is 5.88 Å². The molecule has 0 radical (unpaired) electrons. The normalized spacial score (nSPS) is 10.7. The first-order valence-corrected chi connectivity index (χ1v) is 4.44. The number of aromatic amines is 1. The van der Waals surface area contributed by atoms with Crippen molar-refractivity contribution >= 4 is 34.2 Å². The van der Waals surface area contributed by atoms with Gasteiger partial charge in [0.15, 0.2) is 0 Å². The van der Waals surface area contributed by atoms with Crippen LogP contribution in [0.5, 0.6) is 5.88 Å². The maximum Gasteiger partial charge on any atom is 0.425 e. The van der Waals surface area contributed by atoms with E-state index in [1.807, 2.05) is 0 Å². The fourth-order valence-electron chi connectivity index (χ4n) is 1.08. The number of benzene rings is 1. The van der Waals surface area contributed by atoms with Crippen LogP contribution in [-0.2, 0) is 0 Å². The monoisotopic (exact) mass is 231 g/mol. The van der Waals surface area contributed by atoms with Gasteiger partial charge in [0.1, 0.15) is 0 Å². The van der Waals surface area contributed by atoms with Crippen LogP contribution >= 0.6 is 23.2 Å². The summed E-state index contributed by atoms with van der Waals surface area (Å²) in [6.07, 6.45) is 0. The van der Waals surface area contributed by atoms with Gasteiger partial charge in [0.2, 0.25) is 0 Å². The topological polar surface area (TPSA) is 68.7 Å². The van der Waals surface area contributed by atoms with E-state index in [2.05, 4.69) is 9.97 Å². The average molecular weight is 232 g/mol. The number of nitrogens with zero attached hydrogens (tertiary/aromatic N) is 1. The second-order valence-corrected chi connectivity index (χ2v) is 3.51. The summed E-state index contributed by atoms with van der Waals surface area (Å²) in [4.78, 5) is 17.3. The number of rotatable bonds is 0. The number of fused-ring (bicyclic) bond motifs is 1. The molecule has 14 heavy (non-hydrogen) atoms. The second-order valence-electron chi connectivity index (χ2n) is 2.70. The lowest BCUT2D eigenvalue weighted by Gasteiger charge is -1.98. The molecule has 1 aromatic carbocycles. The molecule has 0 spiro atoms. The highest BCUT2D eigenvalue weighted by atomic mass is 35.5. The Kier molecular flexibility index (Phi) is 2.09. The minimum absolute atomic E-state index is 0.337. The fraction of sp³-hybridized carbons (Fsp3) is 0. The summed E-state index contributed by atoms with van der Waals surface area (Å²) in [6, 6.07) is 3.01. The number of H-pyrrole nitrogens is 1. The van der Waals surface area contributed by atoms with Crippen LogP contribution in [0.2, 0.25) is 10.0 Å². The highest BCUT2D eigenvalue weighted by molar-refractivity contribution is 6.42. The molecule has 0 aliphatic heterocycles. The van der Waals surface area contributed by atoms with Crippen LogP contribution in [-0.4, -0.2) is 15.1 Å². The second kappa shape index (κ2) is 3.15. The molecule has 0 bridgehead atoms. The first-order valence-electron chi connectivity index (χ1n) is 3.68. The largest absolute Gasteiger partial charge is 0.575 e. The molecule has 0 atom stereocenters. The van der Waals surface area contributed by atoms with Crippen molar-refractivity contribution in [1.29, 1.82) is 0 Å². The van der Waals surface area contributed by atoms with Crippen molar-refractivity contribution in [3.05, 3.63) is 32.5 Å². The van der Waals surface area contributed by atoms with Crippen molar-refractivity contribution in [2.75, 3.05) is 0 Å². The molecule has 6 heteroatoms. The van der Waals surface area contributed by atoms with E-state index in [1.165, 1.54) is 12.1 Å². The summed E-state index contributed by atoms with van der Waals surface area (Å²) in [7, 11) is 0. The van der Waals surface area contributed by atoms with Gasteiger partial charge in [0, 0.05) is 0 Å². The predicted molar refractivity (Wildman–Crippen MR) is 55.4 cm³/mol. The Labute approximate surface area is 88.1 Å². The highest BCUT2D eigenvalue weighted by Gasteiger charge is 2.08. The van der Waals surface area contributed by atoms with E-state index in [0.717, 1.165) is 0 Å². The molecule has 0 aliphatic rings. The van der Waals surface area contributed by atoms with Gasteiger partial charge in [-0.3, -0.25) is 4.79 Å². The lowest BCUT2D eigenvalue weighted by Crippen LogP contribution is -2.06. The first-order chi connectivity index (χ1) is 6.58. The number of aromatic nitrogens is 2. The molecule has 0 saturated carbocycles. The molecular formula is C8H5Cl2N2O2+. The maximum atomic E-state index is 11.0. The molecule has 1 aromatic heterocycles. The first kappa shape index (κ1) is 9.30. The van der Waals surface area contributed by atoms with Gasteiger partial charge in [-0.05, 0) is 12.1 Å². The van der Waals surface area contributed by atoms with E-state index in [1.54, 1.807) is 0 Å². The Morgan fingerprint density at radius 3 is 2.64 bits per heavy atom. The molecule has 0 unspecified atom stereocenters. The summed E-state index contributed by atoms with van der Waals surface area (Å²) < 4.78 is 0. The van der Waals surface area contributed by atoms with Crippen molar-refractivity contribution < 1.29 is 5.11 Å². The zero-order valence-electron chi connectivity index (χ0n) is 6.77. The summed E-state index contributed by atoms with van der Waals surface area (Å²) in [5, 5.41) is 7.88. The third-order valence-electron chi connectivity index (χ3n) is 1.73. The van der Waals surface area contributed by atoms with Crippen molar-refractivity contribution in [2.45, 2.75) is 0 Å². The van der Waals surface area contributed by atoms with E-state index in [-0.39, 0.29) is 5.88 Å². The molecular weight excluding hydrogens is 227 g/mol. The van der Waals surface area contributed by atoms with Crippen LogP contribution in [0, 0.1) is 0 Å². The molecule has 72 valence electrons. The Balaban J connectivity index is 2.90. The Bertz CT molecular complexity index is 565. The van der Waals surface area contributed by atoms with Gasteiger partial charge >= 0.3 is 11.4 Å². The minimum Gasteiger partial charge on any atom is -0.575 e. The number of nitrogens with one attached hydrogen (secondary N) is 1. The maximum absolute atomic E-state index is 11.0. The standard InChI is InChI=1S/C8H4Cl2N2O2/c9-3-1-5-6(2-4(3)10)12-8(14)7(13)11-5/h1-2H,(H,11,13)(H,12,14)/p+1. The average Bonchev–Trinajstić information content (AvgIpc) is 2.11. The lowest BCUT2D eigenvalue weighted by molar-refractivity contribution is 0.447. The van der Waals surface area contributed by atoms with Crippen molar-refractivity contribution in [2.24, 2.45) is 0 Å². The van der Waals surface area contributed by atoms with Crippen LogP contribution < -0.4 is 5.56 Å². The molecule has 0 amide bonds. The molecule has 0 aliphatic carbocycles. The van der Waals surface area contributed by atoms with E-state index >= 15 is 0 Å². The van der Waals surface area contributed by atoms with Crippen LogP contribution in [0.3, 0.4) is 0 Å². The lowest BCUT2D eigenvalue weighted by atomic mass is 10.3. The predicted octanol–water partition coefficient (Wildman–Crippen LogP) is 1.67. The Morgan fingerprint density at radius 2 is 1.93 bits per heavy atom. The molecule has 1 heterocycles. The summed E-state index contributed by atoms with van der Waals surface area (Å²) in [5.74, 6) is -0.337. The smallest absolute Gasteiger partial charge is 0.425 e.